The van der Waals surface area contributed by atoms with E-state index in [0.717, 1.165) is 24.8 Å². The molecule has 1 aliphatic carbocycles. The molecule has 7 nitrogen and oxygen atoms in total. The fourth-order valence-corrected chi connectivity index (χ4v) is 2.84. The molecule has 25 heavy (non-hydrogen) atoms. The Kier molecular flexibility index (Phi) is 5.13. The highest BCUT2D eigenvalue weighted by Crippen LogP contribution is 2.42. The first-order valence-electron chi connectivity index (χ1n) is 8.81. The van der Waals surface area contributed by atoms with Gasteiger partial charge in [0.25, 0.3) is 5.89 Å². The van der Waals surface area contributed by atoms with Crippen molar-refractivity contribution < 1.29 is 18.7 Å². The van der Waals surface area contributed by atoms with Gasteiger partial charge in [0.1, 0.15) is 0 Å². The van der Waals surface area contributed by atoms with Crippen LogP contribution in [0.5, 0.6) is 17.2 Å². The minimum atomic E-state index is -0.460. The zero-order chi connectivity index (χ0) is 17.9. The molecule has 7 heteroatoms. The molecule has 1 aromatic heterocycles. The number of ether oxygens (including phenoxy) is 3. The van der Waals surface area contributed by atoms with Gasteiger partial charge in [0, 0.05) is 5.56 Å². The summed E-state index contributed by atoms with van der Waals surface area (Å²) in [4.78, 5) is 4.50. The summed E-state index contributed by atoms with van der Waals surface area (Å²) in [7, 11) is 0. The number of rotatable bonds is 8. The number of benzene rings is 1. The normalized spacial score (nSPS) is 15.5. The molecule has 0 radical (unpaired) electrons. The zero-order valence-corrected chi connectivity index (χ0v) is 15.0. The number of nitrogens with two attached hydrogens (primary N) is 1. The van der Waals surface area contributed by atoms with Crippen LogP contribution in [0.15, 0.2) is 16.7 Å². The first-order chi connectivity index (χ1) is 12.1. The maximum Gasteiger partial charge on any atom is 0.258 e. The van der Waals surface area contributed by atoms with Crippen LogP contribution in [0.1, 0.15) is 45.9 Å². The molecule has 0 saturated heterocycles. The van der Waals surface area contributed by atoms with E-state index >= 15 is 0 Å². The van der Waals surface area contributed by atoms with Crippen molar-refractivity contribution in [3.05, 3.63) is 18.0 Å². The lowest BCUT2D eigenvalue weighted by Gasteiger charge is -2.34. The summed E-state index contributed by atoms with van der Waals surface area (Å²) in [6, 6.07) is 3.66. The van der Waals surface area contributed by atoms with Crippen molar-refractivity contribution in [1.29, 1.82) is 0 Å². The molecule has 0 amide bonds. The van der Waals surface area contributed by atoms with Gasteiger partial charge in [0.15, 0.2) is 17.3 Å². The fourth-order valence-electron chi connectivity index (χ4n) is 2.84. The summed E-state index contributed by atoms with van der Waals surface area (Å²) in [5.74, 6) is 2.73. The van der Waals surface area contributed by atoms with E-state index in [9.17, 15) is 0 Å². The molecule has 1 saturated carbocycles. The average Bonchev–Trinajstić information content (AvgIpc) is 3.06. The predicted molar refractivity (Wildman–Crippen MR) is 93.0 cm³/mol. The van der Waals surface area contributed by atoms with Gasteiger partial charge in [-0.2, -0.15) is 4.98 Å². The smallest absolute Gasteiger partial charge is 0.258 e. The molecule has 2 N–H and O–H groups in total. The molecule has 3 rings (SSSR count). The van der Waals surface area contributed by atoms with Gasteiger partial charge in [0.05, 0.1) is 25.4 Å². The standard InChI is InChI=1S/C18H25N3O4/c1-4-22-13-10-12(11-14(23-5-2)15(13)24-6-3)16-20-17(21-25-16)18(19)8-7-9-18/h10-11H,4-9,19H2,1-3H3. The van der Waals surface area contributed by atoms with Gasteiger partial charge in [0.2, 0.25) is 5.75 Å². The Morgan fingerprint density at radius 2 is 1.64 bits per heavy atom. The highest BCUT2D eigenvalue weighted by Gasteiger charge is 2.39. The summed E-state index contributed by atoms with van der Waals surface area (Å²) in [6.45, 7) is 7.29. The summed E-state index contributed by atoms with van der Waals surface area (Å²) >= 11 is 0. The van der Waals surface area contributed by atoms with Crippen LogP contribution < -0.4 is 19.9 Å². The second-order valence-electron chi connectivity index (χ2n) is 6.03. The van der Waals surface area contributed by atoms with E-state index < -0.39 is 5.54 Å². The maximum absolute atomic E-state index is 6.28. The SMILES string of the molecule is CCOc1cc(-c2nc(C3(N)CCC3)no2)cc(OCC)c1OCC. The van der Waals surface area contributed by atoms with Crippen LogP contribution in [0.25, 0.3) is 11.5 Å². The molecule has 0 aliphatic heterocycles. The van der Waals surface area contributed by atoms with Crippen molar-refractivity contribution in [3.8, 4) is 28.7 Å². The second kappa shape index (κ2) is 7.31. The first kappa shape index (κ1) is 17.5. The van der Waals surface area contributed by atoms with E-state index in [-0.39, 0.29) is 0 Å². The molecule has 0 atom stereocenters. The van der Waals surface area contributed by atoms with Gasteiger partial charge in [-0.05, 0) is 52.2 Å². The van der Waals surface area contributed by atoms with Crippen molar-refractivity contribution in [2.24, 2.45) is 5.73 Å². The minimum Gasteiger partial charge on any atom is -0.490 e. The molecule has 0 spiro atoms. The lowest BCUT2D eigenvalue weighted by Crippen LogP contribution is -2.44. The van der Waals surface area contributed by atoms with Crippen LogP contribution in [0.4, 0.5) is 0 Å². The second-order valence-corrected chi connectivity index (χ2v) is 6.03. The molecule has 0 unspecified atom stereocenters. The molecule has 2 aromatic rings. The Labute approximate surface area is 147 Å². The maximum atomic E-state index is 6.28. The summed E-state index contributed by atoms with van der Waals surface area (Å²) in [5.41, 5.74) is 6.54. The molecular weight excluding hydrogens is 322 g/mol. The van der Waals surface area contributed by atoms with E-state index in [0.29, 0.717) is 48.8 Å². The summed E-state index contributed by atoms with van der Waals surface area (Å²) in [5, 5.41) is 4.07. The molecule has 0 bridgehead atoms. The van der Waals surface area contributed by atoms with E-state index in [1.807, 2.05) is 32.9 Å². The van der Waals surface area contributed by atoms with E-state index in [1.165, 1.54) is 0 Å². The molecular formula is C18H25N3O4. The van der Waals surface area contributed by atoms with Crippen LogP contribution in [0, 0.1) is 0 Å². The highest BCUT2D eigenvalue weighted by atomic mass is 16.5. The van der Waals surface area contributed by atoms with Crippen LogP contribution in [0.2, 0.25) is 0 Å². The third-order valence-electron chi connectivity index (χ3n) is 4.27. The van der Waals surface area contributed by atoms with Crippen molar-refractivity contribution in [1.82, 2.24) is 10.1 Å². The van der Waals surface area contributed by atoms with E-state index in [1.54, 1.807) is 0 Å². The van der Waals surface area contributed by atoms with Crippen molar-refractivity contribution in [3.63, 3.8) is 0 Å². The lowest BCUT2D eigenvalue weighted by molar-refractivity contribution is 0.229. The van der Waals surface area contributed by atoms with Gasteiger partial charge in [-0.25, -0.2) is 0 Å². The van der Waals surface area contributed by atoms with Crippen LogP contribution in [0.3, 0.4) is 0 Å². The largest absolute Gasteiger partial charge is 0.490 e. The summed E-state index contributed by atoms with van der Waals surface area (Å²) < 4.78 is 22.6. The van der Waals surface area contributed by atoms with Crippen LogP contribution in [-0.2, 0) is 5.54 Å². The van der Waals surface area contributed by atoms with Crippen molar-refractivity contribution in [2.45, 2.75) is 45.6 Å². The average molecular weight is 347 g/mol. The van der Waals surface area contributed by atoms with Gasteiger partial charge < -0.3 is 24.5 Å². The van der Waals surface area contributed by atoms with Gasteiger partial charge in [-0.3, -0.25) is 0 Å². The fraction of sp³-hybridized carbons (Fsp3) is 0.556. The number of hydrogen-bond donors (Lipinski definition) is 1. The first-order valence-corrected chi connectivity index (χ1v) is 8.81. The van der Waals surface area contributed by atoms with Gasteiger partial charge in [-0.15, -0.1) is 0 Å². The monoisotopic (exact) mass is 347 g/mol. The Bertz CT molecular complexity index is 698. The Hall–Kier alpha value is -2.28. The summed E-state index contributed by atoms with van der Waals surface area (Å²) in [6.07, 6.45) is 2.85. The topological polar surface area (TPSA) is 92.6 Å². The molecule has 1 aromatic carbocycles. The molecule has 1 fully saturated rings. The Morgan fingerprint density at radius 3 is 2.12 bits per heavy atom. The van der Waals surface area contributed by atoms with E-state index in [4.69, 9.17) is 24.5 Å². The van der Waals surface area contributed by atoms with Gasteiger partial charge >= 0.3 is 0 Å². The van der Waals surface area contributed by atoms with Crippen LogP contribution in [-0.4, -0.2) is 30.0 Å². The number of aromatic nitrogens is 2. The van der Waals surface area contributed by atoms with E-state index in [2.05, 4.69) is 10.1 Å². The molecule has 1 heterocycles. The molecule has 1 aliphatic rings. The number of hydrogen-bond acceptors (Lipinski definition) is 7. The van der Waals surface area contributed by atoms with Crippen molar-refractivity contribution >= 4 is 0 Å². The highest BCUT2D eigenvalue weighted by molar-refractivity contribution is 5.65. The zero-order valence-electron chi connectivity index (χ0n) is 15.0. The molecule has 136 valence electrons. The van der Waals surface area contributed by atoms with Crippen LogP contribution >= 0.6 is 0 Å². The minimum absolute atomic E-state index is 0.400. The number of nitrogens with zero attached hydrogens (tertiary/aromatic N) is 2. The lowest BCUT2D eigenvalue weighted by atomic mass is 9.77. The third-order valence-corrected chi connectivity index (χ3v) is 4.27. The predicted octanol–water partition coefficient (Wildman–Crippen LogP) is 3.27. The third kappa shape index (κ3) is 3.42. The Balaban J connectivity index is 2.00. The van der Waals surface area contributed by atoms with Crippen molar-refractivity contribution in [2.75, 3.05) is 19.8 Å². The Morgan fingerprint density at radius 1 is 1.04 bits per heavy atom. The van der Waals surface area contributed by atoms with Gasteiger partial charge in [-0.1, -0.05) is 5.16 Å². The quantitative estimate of drug-likeness (QED) is 0.783.